The minimum Gasteiger partial charge on any atom is -0.454 e. The fraction of sp³-hybridized carbons (Fsp3) is 0.111. The minimum absolute atomic E-state index is 0.00286. The summed E-state index contributed by atoms with van der Waals surface area (Å²) in [5, 5.41) is 2.47. The van der Waals surface area contributed by atoms with Gasteiger partial charge in [0.2, 0.25) is 0 Å². The first-order chi connectivity index (χ1) is 18.2. The van der Waals surface area contributed by atoms with Gasteiger partial charge < -0.3 is 19.9 Å². The number of nitrogens with zero attached hydrogens (tertiary/aromatic N) is 1. The number of hydroxylamine groups is 1. The molecule has 0 unspecified atom stereocenters. The zero-order valence-electron chi connectivity index (χ0n) is 20.3. The number of hydrogen-bond acceptors (Lipinski definition) is 6. The molecule has 11 heteroatoms. The highest BCUT2D eigenvalue weighted by Gasteiger charge is 2.16. The molecular formula is C27H22F2N4O5. The van der Waals surface area contributed by atoms with Gasteiger partial charge in [-0.1, -0.05) is 13.0 Å². The van der Waals surface area contributed by atoms with Gasteiger partial charge in [0.05, 0.1) is 22.6 Å². The Bertz CT molecular complexity index is 1520. The van der Waals surface area contributed by atoms with E-state index < -0.39 is 29.4 Å². The highest BCUT2D eigenvalue weighted by Crippen LogP contribution is 2.29. The van der Waals surface area contributed by atoms with Crippen LogP contribution in [0, 0.1) is 18.6 Å². The number of hydrogen-bond donors (Lipinski definition) is 3. The van der Waals surface area contributed by atoms with E-state index in [1.54, 1.807) is 19.9 Å². The van der Waals surface area contributed by atoms with Crippen LogP contribution in [0.5, 0.6) is 11.5 Å². The molecule has 9 nitrogen and oxygen atoms in total. The van der Waals surface area contributed by atoms with Crippen LogP contribution < -0.4 is 15.5 Å². The first-order valence-corrected chi connectivity index (χ1v) is 11.4. The van der Waals surface area contributed by atoms with Crippen LogP contribution in [0.4, 0.5) is 14.5 Å². The van der Waals surface area contributed by atoms with Crippen LogP contribution in [0.25, 0.3) is 11.4 Å². The van der Waals surface area contributed by atoms with Crippen LogP contribution in [0.3, 0.4) is 0 Å². The molecule has 0 atom stereocenters. The Morgan fingerprint density at radius 2 is 1.74 bits per heavy atom. The van der Waals surface area contributed by atoms with E-state index in [0.29, 0.717) is 11.4 Å². The topological polar surface area (TPSA) is 122 Å². The largest absolute Gasteiger partial charge is 0.454 e. The van der Waals surface area contributed by atoms with Crippen molar-refractivity contribution in [2.75, 3.05) is 5.32 Å². The number of aromatic nitrogens is 2. The standard InChI is InChI=1S/C27H22F2N4O5/c1-3-25(34)38-33-27(36)17-11-22(31-14-17)23-13-18(8-9-30-23)37-24-12-16(5-7-20(24)29)26(35)32-21-10-15(2)4-6-19(21)28/h4-14,31H,3H2,1-2H3,(H,32,35)(H,33,36). The summed E-state index contributed by atoms with van der Waals surface area (Å²) in [7, 11) is 0. The summed E-state index contributed by atoms with van der Waals surface area (Å²) in [6, 6.07) is 12.3. The number of benzene rings is 2. The molecule has 0 aliphatic carbocycles. The van der Waals surface area contributed by atoms with Crippen LogP contribution in [-0.4, -0.2) is 27.8 Å². The highest BCUT2D eigenvalue weighted by molar-refractivity contribution is 6.04. The molecule has 194 valence electrons. The first-order valence-electron chi connectivity index (χ1n) is 11.4. The molecule has 0 radical (unpaired) electrons. The fourth-order valence-corrected chi connectivity index (χ4v) is 3.31. The highest BCUT2D eigenvalue weighted by atomic mass is 19.1. The maximum absolute atomic E-state index is 14.5. The summed E-state index contributed by atoms with van der Waals surface area (Å²) in [6.07, 6.45) is 2.93. The summed E-state index contributed by atoms with van der Waals surface area (Å²) in [5.41, 5.74) is 3.87. The summed E-state index contributed by atoms with van der Waals surface area (Å²) in [6.45, 7) is 3.35. The third kappa shape index (κ3) is 6.19. The molecule has 0 bridgehead atoms. The predicted molar refractivity (Wildman–Crippen MR) is 133 cm³/mol. The van der Waals surface area contributed by atoms with Gasteiger partial charge >= 0.3 is 5.97 Å². The molecule has 2 aromatic carbocycles. The lowest BCUT2D eigenvalue weighted by atomic mass is 10.1. The minimum atomic E-state index is -0.720. The molecule has 0 saturated carbocycles. The molecule has 4 aromatic rings. The average molecular weight is 520 g/mol. The summed E-state index contributed by atoms with van der Waals surface area (Å²) < 4.78 is 34.2. The lowest BCUT2D eigenvalue weighted by molar-refractivity contribution is -0.148. The van der Waals surface area contributed by atoms with Crippen molar-refractivity contribution in [1.29, 1.82) is 0 Å². The lowest BCUT2D eigenvalue weighted by Gasteiger charge is -2.11. The zero-order chi connectivity index (χ0) is 27.2. The number of nitrogens with one attached hydrogen (secondary N) is 3. The summed E-state index contributed by atoms with van der Waals surface area (Å²) in [4.78, 5) is 47.7. The van der Waals surface area contributed by atoms with Gasteiger partial charge in [0.25, 0.3) is 11.8 Å². The van der Waals surface area contributed by atoms with Gasteiger partial charge in [0.15, 0.2) is 11.6 Å². The Labute approximate surface area is 215 Å². The van der Waals surface area contributed by atoms with Crippen LogP contribution in [0.1, 0.15) is 39.6 Å². The maximum atomic E-state index is 14.5. The van der Waals surface area contributed by atoms with E-state index in [4.69, 9.17) is 4.74 Å². The number of aromatic amines is 1. The maximum Gasteiger partial charge on any atom is 0.331 e. The predicted octanol–water partition coefficient (Wildman–Crippen LogP) is 5.31. The van der Waals surface area contributed by atoms with Crippen molar-refractivity contribution in [2.45, 2.75) is 20.3 Å². The Hall–Kier alpha value is -5.06. The number of amides is 2. The van der Waals surface area contributed by atoms with Crippen molar-refractivity contribution < 1.29 is 32.7 Å². The molecule has 38 heavy (non-hydrogen) atoms. The molecule has 2 amide bonds. The second kappa shape index (κ2) is 11.3. The molecule has 0 saturated heterocycles. The third-order valence-corrected chi connectivity index (χ3v) is 5.29. The van der Waals surface area contributed by atoms with Gasteiger partial charge in [-0.15, -0.1) is 0 Å². The van der Waals surface area contributed by atoms with Crippen molar-refractivity contribution in [3.05, 3.63) is 95.3 Å². The number of carbonyl (C=O) groups is 3. The van der Waals surface area contributed by atoms with E-state index in [1.165, 1.54) is 54.9 Å². The van der Waals surface area contributed by atoms with Gasteiger partial charge in [0, 0.05) is 30.4 Å². The van der Waals surface area contributed by atoms with Crippen molar-refractivity contribution in [1.82, 2.24) is 15.4 Å². The summed E-state index contributed by atoms with van der Waals surface area (Å²) in [5.74, 6) is -3.21. The molecule has 0 aliphatic rings. The number of ether oxygens (including phenoxy) is 1. The molecule has 3 N–H and O–H groups in total. The third-order valence-electron chi connectivity index (χ3n) is 5.29. The number of pyridine rings is 1. The van der Waals surface area contributed by atoms with Crippen molar-refractivity contribution in [3.8, 4) is 22.9 Å². The van der Waals surface area contributed by atoms with E-state index in [0.717, 1.165) is 11.6 Å². The molecule has 4 rings (SSSR count). The molecule has 2 aromatic heterocycles. The quantitative estimate of drug-likeness (QED) is 0.284. The van der Waals surface area contributed by atoms with Crippen molar-refractivity contribution >= 4 is 23.5 Å². The fourth-order valence-electron chi connectivity index (χ4n) is 3.31. The van der Waals surface area contributed by atoms with Gasteiger partial charge in [-0.25, -0.2) is 13.6 Å². The Kier molecular flexibility index (Phi) is 7.76. The average Bonchev–Trinajstić information content (AvgIpc) is 3.41. The first kappa shape index (κ1) is 26.0. The lowest BCUT2D eigenvalue weighted by Crippen LogP contribution is -2.26. The smallest absolute Gasteiger partial charge is 0.331 e. The Morgan fingerprint density at radius 1 is 0.947 bits per heavy atom. The van der Waals surface area contributed by atoms with Crippen LogP contribution in [-0.2, 0) is 9.63 Å². The van der Waals surface area contributed by atoms with Crippen LogP contribution in [0.2, 0.25) is 0 Å². The molecule has 0 aliphatic heterocycles. The molecule has 2 heterocycles. The Morgan fingerprint density at radius 3 is 2.53 bits per heavy atom. The van der Waals surface area contributed by atoms with Gasteiger partial charge in [-0.3, -0.25) is 14.6 Å². The van der Waals surface area contributed by atoms with E-state index >= 15 is 0 Å². The van der Waals surface area contributed by atoms with E-state index in [1.807, 2.05) is 0 Å². The number of anilines is 1. The van der Waals surface area contributed by atoms with Gasteiger partial charge in [-0.05, 0) is 55.0 Å². The monoisotopic (exact) mass is 520 g/mol. The van der Waals surface area contributed by atoms with Crippen LogP contribution >= 0.6 is 0 Å². The van der Waals surface area contributed by atoms with Crippen molar-refractivity contribution in [2.24, 2.45) is 0 Å². The molecular weight excluding hydrogens is 498 g/mol. The summed E-state index contributed by atoms with van der Waals surface area (Å²) >= 11 is 0. The normalized spacial score (nSPS) is 10.5. The zero-order valence-corrected chi connectivity index (χ0v) is 20.3. The van der Waals surface area contributed by atoms with E-state index in [2.05, 4.69) is 25.6 Å². The number of carbonyl (C=O) groups excluding carboxylic acids is 3. The number of H-pyrrole nitrogens is 1. The van der Waals surface area contributed by atoms with E-state index in [9.17, 15) is 23.2 Å². The van der Waals surface area contributed by atoms with Crippen molar-refractivity contribution in [3.63, 3.8) is 0 Å². The Balaban J connectivity index is 1.49. The second-order valence-electron chi connectivity index (χ2n) is 8.12. The number of halogens is 2. The second-order valence-corrected chi connectivity index (χ2v) is 8.12. The molecule has 0 spiro atoms. The number of aryl methyl sites for hydroxylation is 1. The van der Waals surface area contributed by atoms with Gasteiger partial charge in [0.1, 0.15) is 11.6 Å². The SMILES string of the molecule is CCC(=O)ONC(=O)c1c[nH]c(-c2cc(Oc3cc(C(=O)Nc4cc(C)ccc4F)ccc3F)ccn2)c1. The van der Waals surface area contributed by atoms with Gasteiger partial charge in [-0.2, -0.15) is 5.48 Å². The number of rotatable bonds is 7. The van der Waals surface area contributed by atoms with Crippen LogP contribution in [0.15, 0.2) is 67.0 Å². The molecule has 0 fully saturated rings. The van der Waals surface area contributed by atoms with E-state index in [-0.39, 0.29) is 34.7 Å².